The van der Waals surface area contributed by atoms with E-state index in [0.717, 1.165) is 32.5 Å². The largest absolute Gasteiger partial charge is 0.387 e. The standard InChI is InChI=1S/C16H24N4O2S/c21-14(11-23-15-17-6-4-7-18-15)20-10-3-5-16(22,13-20)12-19-8-1-2-9-19/h4,6-7,22H,1-3,5,8-13H2. The molecule has 0 radical (unpaired) electrons. The quantitative estimate of drug-likeness (QED) is 0.639. The molecule has 1 amide bonds. The van der Waals surface area contributed by atoms with Crippen LogP contribution in [0.1, 0.15) is 25.7 Å². The van der Waals surface area contributed by atoms with Gasteiger partial charge in [0.15, 0.2) is 5.16 Å². The van der Waals surface area contributed by atoms with Crippen molar-refractivity contribution in [1.29, 1.82) is 0 Å². The smallest absolute Gasteiger partial charge is 0.233 e. The van der Waals surface area contributed by atoms with Gasteiger partial charge in [-0.1, -0.05) is 11.8 Å². The summed E-state index contributed by atoms with van der Waals surface area (Å²) >= 11 is 1.35. The lowest BCUT2D eigenvalue weighted by Gasteiger charge is -2.41. The number of carbonyl (C=O) groups excluding carboxylic acids is 1. The predicted octanol–water partition coefficient (Wildman–Crippen LogP) is 1.02. The molecule has 0 saturated carbocycles. The SMILES string of the molecule is O=C(CSc1ncccn1)N1CCCC(O)(CN2CCCC2)C1. The molecule has 3 heterocycles. The minimum Gasteiger partial charge on any atom is -0.387 e. The molecule has 23 heavy (non-hydrogen) atoms. The van der Waals surface area contributed by atoms with Crippen molar-refractivity contribution in [2.24, 2.45) is 0 Å². The van der Waals surface area contributed by atoms with Crippen molar-refractivity contribution in [3.63, 3.8) is 0 Å². The normalized spacial score (nSPS) is 25.7. The fraction of sp³-hybridized carbons (Fsp3) is 0.688. The molecule has 2 aliphatic rings. The third-order valence-corrected chi connectivity index (χ3v) is 5.35. The van der Waals surface area contributed by atoms with Crippen LogP contribution in [0.4, 0.5) is 0 Å². The van der Waals surface area contributed by atoms with E-state index in [-0.39, 0.29) is 5.91 Å². The van der Waals surface area contributed by atoms with Crippen molar-refractivity contribution >= 4 is 17.7 Å². The summed E-state index contributed by atoms with van der Waals surface area (Å²) in [6.45, 7) is 4.00. The predicted molar refractivity (Wildman–Crippen MR) is 89.2 cm³/mol. The number of β-amino-alcohol motifs (C(OH)–C–C–N with tert-alkyl or cyclic N) is 1. The molecule has 1 unspecified atom stereocenters. The van der Waals surface area contributed by atoms with Crippen molar-refractivity contribution in [3.8, 4) is 0 Å². The van der Waals surface area contributed by atoms with Gasteiger partial charge in [-0.05, 0) is 44.8 Å². The van der Waals surface area contributed by atoms with Crippen molar-refractivity contribution in [3.05, 3.63) is 18.5 Å². The number of rotatable bonds is 5. The summed E-state index contributed by atoms with van der Waals surface area (Å²) in [6, 6.07) is 1.76. The fourth-order valence-electron chi connectivity index (χ4n) is 3.39. The fourth-order valence-corrected chi connectivity index (χ4v) is 4.09. The van der Waals surface area contributed by atoms with Gasteiger partial charge in [0.05, 0.1) is 17.9 Å². The summed E-state index contributed by atoms with van der Waals surface area (Å²) in [5, 5.41) is 11.5. The summed E-state index contributed by atoms with van der Waals surface area (Å²) in [4.78, 5) is 24.8. The Labute approximate surface area is 141 Å². The zero-order valence-electron chi connectivity index (χ0n) is 13.4. The third kappa shape index (κ3) is 4.65. The molecule has 0 aliphatic carbocycles. The first kappa shape index (κ1) is 16.7. The molecule has 3 rings (SSSR count). The maximum atomic E-state index is 12.4. The minimum absolute atomic E-state index is 0.0574. The van der Waals surface area contributed by atoms with E-state index >= 15 is 0 Å². The second-order valence-electron chi connectivity index (χ2n) is 6.45. The molecule has 1 aromatic heterocycles. The van der Waals surface area contributed by atoms with Gasteiger partial charge < -0.3 is 14.9 Å². The van der Waals surface area contributed by atoms with E-state index in [4.69, 9.17) is 0 Å². The van der Waals surface area contributed by atoms with Gasteiger partial charge in [-0.25, -0.2) is 9.97 Å². The van der Waals surface area contributed by atoms with E-state index in [2.05, 4.69) is 14.9 Å². The van der Waals surface area contributed by atoms with Crippen LogP contribution in [0.5, 0.6) is 0 Å². The number of likely N-dealkylation sites (tertiary alicyclic amines) is 2. The Morgan fingerprint density at radius 2 is 1.96 bits per heavy atom. The van der Waals surface area contributed by atoms with Gasteiger partial charge in [-0.3, -0.25) is 4.79 Å². The Bertz CT molecular complexity index is 524. The van der Waals surface area contributed by atoms with Crippen molar-refractivity contribution < 1.29 is 9.90 Å². The van der Waals surface area contributed by atoms with E-state index < -0.39 is 5.60 Å². The highest BCUT2D eigenvalue weighted by Gasteiger charge is 2.37. The summed E-state index contributed by atoms with van der Waals surface area (Å²) in [5.74, 6) is 0.381. The van der Waals surface area contributed by atoms with Gasteiger partial charge in [0, 0.05) is 25.5 Å². The Morgan fingerprint density at radius 1 is 1.22 bits per heavy atom. The molecule has 0 spiro atoms. The molecule has 6 nitrogen and oxygen atoms in total. The van der Waals surface area contributed by atoms with Crippen LogP contribution in [0, 0.1) is 0 Å². The van der Waals surface area contributed by atoms with Crippen LogP contribution < -0.4 is 0 Å². The van der Waals surface area contributed by atoms with E-state index in [1.165, 1.54) is 24.6 Å². The first-order chi connectivity index (χ1) is 11.1. The third-order valence-electron chi connectivity index (χ3n) is 4.49. The van der Waals surface area contributed by atoms with E-state index in [0.29, 0.717) is 24.0 Å². The minimum atomic E-state index is -0.758. The number of carbonyl (C=O) groups is 1. The maximum absolute atomic E-state index is 12.4. The molecule has 0 bridgehead atoms. The molecule has 2 saturated heterocycles. The monoisotopic (exact) mass is 336 g/mol. The molecule has 7 heteroatoms. The Hall–Kier alpha value is -1.18. The molecule has 1 aromatic rings. The Morgan fingerprint density at radius 3 is 2.70 bits per heavy atom. The molecule has 2 fully saturated rings. The number of hydrogen-bond donors (Lipinski definition) is 1. The highest BCUT2D eigenvalue weighted by Crippen LogP contribution is 2.25. The molecule has 2 aliphatic heterocycles. The van der Waals surface area contributed by atoms with E-state index in [1.54, 1.807) is 23.4 Å². The van der Waals surface area contributed by atoms with Gasteiger partial charge in [0.1, 0.15) is 0 Å². The van der Waals surface area contributed by atoms with Gasteiger partial charge in [0.25, 0.3) is 0 Å². The average Bonchev–Trinajstić information content (AvgIpc) is 3.06. The first-order valence-electron chi connectivity index (χ1n) is 8.27. The lowest BCUT2D eigenvalue weighted by Crippen LogP contribution is -2.55. The van der Waals surface area contributed by atoms with Gasteiger partial charge in [-0.15, -0.1) is 0 Å². The number of thioether (sulfide) groups is 1. The highest BCUT2D eigenvalue weighted by atomic mass is 32.2. The second kappa shape index (κ2) is 7.59. The molecule has 1 atom stereocenters. The van der Waals surface area contributed by atoms with Crippen LogP contribution in [0.3, 0.4) is 0 Å². The number of nitrogens with zero attached hydrogens (tertiary/aromatic N) is 4. The highest BCUT2D eigenvalue weighted by molar-refractivity contribution is 7.99. The molecule has 1 N–H and O–H groups in total. The number of amides is 1. The zero-order chi connectivity index (χ0) is 16.1. The summed E-state index contributed by atoms with van der Waals surface area (Å²) in [6.07, 6.45) is 7.43. The van der Waals surface area contributed by atoms with Crippen LogP contribution in [0.2, 0.25) is 0 Å². The second-order valence-corrected chi connectivity index (χ2v) is 7.39. The summed E-state index contributed by atoms with van der Waals surface area (Å²) in [5.41, 5.74) is -0.758. The topological polar surface area (TPSA) is 69.6 Å². The Kier molecular flexibility index (Phi) is 5.50. The number of aromatic nitrogens is 2. The maximum Gasteiger partial charge on any atom is 0.233 e. The van der Waals surface area contributed by atoms with Crippen LogP contribution in [-0.2, 0) is 4.79 Å². The van der Waals surface area contributed by atoms with Gasteiger partial charge in [0.2, 0.25) is 5.91 Å². The van der Waals surface area contributed by atoms with Crippen LogP contribution in [0.15, 0.2) is 23.6 Å². The molecular weight excluding hydrogens is 312 g/mol. The molecule has 0 aromatic carbocycles. The number of piperidine rings is 1. The van der Waals surface area contributed by atoms with E-state index in [9.17, 15) is 9.90 Å². The lowest BCUT2D eigenvalue weighted by atomic mass is 9.92. The Balaban J connectivity index is 1.51. The average molecular weight is 336 g/mol. The van der Waals surface area contributed by atoms with Crippen LogP contribution >= 0.6 is 11.8 Å². The molecule has 126 valence electrons. The van der Waals surface area contributed by atoms with Crippen molar-refractivity contribution in [1.82, 2.24) is 19.8 Å². The van der Waals surface area contributed by atoms with Crippen LogP contribution in [0.25, 0.3) is 0 Å². The summed E-state index contributed by atoms with van der Waals surface area (Å²) in [7, 11) is 0. The first-order valence-corrected chi connectivity index (χ1v) is 9.26. The zero-order valence-corrected chi connectivity index (χ0v) is 14.2. The number of aliphatic hydroxyl groups is 1. The lowest BCUT2D eigenvalue weighted by molar-refractivity contribution is -0.136. The van der Waals surface area contributed by atoms with E-state index in [1.807, 2.05) is 0 Å². The van der Waals surface area contributed by atoms with Crippen molar-refractivity contribution in [2.45, 2.75) is 36.4 Å². The van der Waals surface area contributed by atoms with Gasteiger partial charge in [-0.2, -0.15) is 0 Å². The molecular formula is C16H24N4O2S. The van der Waals surface area contributed by atoms with Crippen LogP contribution in [-0.4, -0.2) is 74.9 Å². The van der Waals surface area contributed by atoms with Crippen molar-refractivity contribution in [2.75, 3.05) is 38.5 Å². The van der Waals surface area contributed by atoms with Gasteiger partial charge >= 0.3 is 0 Å². The number of hydrogen-bond acceptors (Lipinski definition) is 6. The summed E-state index contributed by atoms with van der Waals surface area (Å²) < 4.78 is 0.